The third-order valence-electron chi connectivity index (χ3n) is 3.03. The van der Waals surface area contributed by atoms with Crippen molar-refractivity contribution in [2.45, 2.75) is 32.5 Å². The molecule has 2 aromatic rings. The second kappa shape index (κ2) is 5.09. The number of nitrogens with two attached hydrogens (primary N) is 1. The van der Waals surface area contributed by atoms with Gasteiger partial charge in [0.2, 0.25) is 0 Å². The Kier molecular flexibility index (Phi) is 3.82. The van der Waals surface area contributed by atoms with E-state index in [0.29, 0.717) is 17.9 Å². The molecule has 0 amide bonds. The zero-order chi connectivity index (χ0) is 14.2. The molecule has 0 aliphatic carbocycles. The van der Waals surface area contributed by atoms with Crippen LogP contribution in [0.1, 0.15) is 24.4 Å². The van der Waals surface area contributed by atoms with Gasteiger partial charge >= 0.3 is 6.18 Å². The van der Waals surface area contributed by atoms with Gasteiger partial charge in [-0.1, -0.05) is 13.8 Å². The van der Waals surface area contributed by atoms with Crippen molar-refractivity contribution in [3.05, 3.63) is 28.8 Å². The highest BCUT2D eigenvalue weighted by molar-refractivity contribution is 7.18. The fourth-order valence-electron chi connectivity index (χ4n) is 1.68. The van der Waals surface area contributed by atoms with E-state index in [0.717, 1.165) is 21.8 Å². The van der Waals surface area contributed by atoms with E-state index in [2.05, 4.69) is 4.98 Å². The number of rotatable bonds is 3. The molecule has 0 saturated carbocycles. The molecule has 2 nitrogen and oxygen atoms in total. The molecule has 104 valence electrons. The smallest absolute Gasteiger partial charge is 0.327 e. The average Bonchev–Trinajstić information content (AvgIpc) is 2.68. The normalized spacial score (nSPS) is 14.3. The van der Waals surface area contributed by atoms with Crippen molar-refractivity contribution in [3.8, 4) is 0 Å². The molecule has 1 heterocycles. The van der Waals surface area contributed by atoms with Crippen LogP contribution in [0.3, 0.4) is 0 Å². The molecule has 1 unspecified atom stereocenters. The predicted molar refractivity (Wildman–Crippen MR) is 71.1 cm³/mol. The van der Waals surface area contributed by atoms with Crippen molar-refractivity contribution in [2.75, 3.05) is 0 Å². The molecule has 6 heteroatoms. The van der Waals surface area contributed by atoms with Crippen LogP contribution in [0.25, 0.3) is 10.2 Å². The minimum atomic E-state index is -4.33. The van der Waals surface area contributed by atoms with Crippen molar-refractivity contribution >= 4 is 21.6 Å². The highest BCUT2D eigenvalue weighted by atomic mass is 32.1. The van der Waals surface area contributed by atoms with Crippen LogP contribution in [-0.4, -0.2) is 11.0 Å². The van der Waals surface area contributed by atoms with Crippen LogP contribution >= 0.6 is 11.3 Å². The van der Waals surface area contributed by atoms with Gasteiger partial charge in [-0.05, 0) is 24.1 Å². The maximum atomic E-state index is 12.6. The van der Waals surface area contributed by atoms with E-state index in [9.17, 15) is 13.2 Å². The quantitative estimate of drug-likeness (QED) is 0.932. The Balaban J connectivity index is 2.31. The summed E-state index contributed by atoms with van der Waals surface area (Å²) >= 11 is 1.40. The standard InChI is InChI=1S/C13H15F3N2S/c1-7(2)9(17)6-12-18-10-5-8(13(14,15)16)3-4-11(10)19-12/h3-5,7,9H,6,17H2,1-2H3. The largest absolute Gasteiger partial charge is 0.416 e. The summed E-state index contributed by atoms with van der Waals surface area (Å²) in [6, 6.07) is 3.63. The summed E-state index contributed by atoms with van der Waals surface area (Å²) in [6.45, 7) is 4.03. The van der Waals surface area contributed by atoms with Gasteiger partial charge in [0.25, 0.3) is 0 Å². The van der Waals surface area contributed by atoms with Gasteiger partial charge in [-0.25, -0.2) is 4.98 Å². The number of hydrogen-bond donors (Lipinski definition) is 1. The molecular weight excluding hydrogens is 273 g/mol. The molecule has 1 aromatic heterocycles. The van der Waals surface area contributed by atoms with E-state index in [4.69, 9.17) is 5.73 Å². The van der Waals surface area contributed by atoms with Crippen molar-refractivity contribution in [2.24, 2.45) is 11.7 Å². The molecule has 0 spiro atoms. The van der Waals surface area contributed by atoms with Gasteiger partial charge in [0, 0.05) is 12.5 Å². The van der Waals surface area contributed by atoms with Gasteiger partial charge in [0.05, 0.1) is 20.8 Å². The maximum Gasteiger partial charge on any atom is 0.416 e. The number of benzene rings is 1. The SMILES string of the molecule is CC(C)C(N)Cc1nc2cc(C(F)(F)F)ccc2s1. The summed E-state index contributed by atoms with van der Waals surface area (Å²) < 4.78 is 38.5. The lowest BCUT2D eigenvalue weighted by Gasteiger charge is -2.12. The highest BCUT2D eigenvalue weighted by Crippen LogP contribution is 2.33. The second-order valence-corrected chi connectivity index (χ2v) is 6.02. The van der Waals surface area contributed by atoms with Crippen LogP contribution in [-0.2, 0) is 12.6 Å². The molecule has 0 bridgehead atoms. The highest BCUT2D eigenvalue weighted by Gasteiger charge is 2.30. The van der Waals surface area contributed by atoms with Crippen LogP contribution in [0.5, 0.6) is 0 Å². The number of aromatic nitrogens is 1. The lowest BCUT2D eigenvalue weighted by atomic mass is 10.0. The van der Waals surface area contributed by atoms with E-state index in [1.165, 1.54) is 17.4 Å². The van der Waals surface area contributed by atoms with Crippen molar-refractivity contribution in [1.29, 1.82) is 0 Å². The maximum absolute atomic E-state index is 12.6. The molecule has 1 atom stereocenters. The summed E-state index contributed by atoms with van der Waals surface area (Å²) in [5.41, 5.74) is 5.69. The summed E-state index contributed by atoms with van der Waals surface area (Å²) in [5, 5.41) is 0.788. The zero-order valence-electron chi connectivity index (χ0n) is 10.7. The average molecular weight is 288 g/mol. The number of nitrogens with zero attached hydrogens (tertiary/aromatic N) is 1. The molecule has 2 N–H and O–H groups in total. The Hall–Kier alpha value is -1.14. The Morgan fingerprint density at radius 3 is 2.58 bits per heavy atom. The van der Waals surface area contributed by atoms with E-state index in [-0.39, 0.29) is 6.04 Å². The van der Waals surface area contributed by atoms with E-state index in [1.54, 1.807) is 0 Å². The van der Waals surface area contributed by atoms with Crippen LogP contribution in [0, 0.1) is 5.92 Å². The van der Waals surface area contributed by atoms with Crippen molar-refractivity contribution in [3.63, 3.8) is 0 Å². The molecule has 1 aromatic carbocycles. The first-order chi connectivity index (χ1) is 8.77. The monoisotopic (exact) mass is 288 g/mol. The molecule has 0 fully saturated rings. The minimum absolute atomic E-state index is 0.0253. The van der Waals surface area contributed by atoms with Gasteiger partial charge in [0.1, 0.15) is 0 Å². The molecule has 0 aliphatic heterocycles. The summed E-state index contributed by atoms with van der Waals surface area (Å²) in [6.07, 6.45) is -3.73. The third-order valence-corrected chi connectivity index (χ3v) is 4.08. The van der Waals surface area contributed by atoms with Crippen molar-refractivity contribution < 1.29 is 13.2 Å². The van der Waals surface area contributed by atoms with E-state index in [1.807, 2.05) is 13.8 Å². The number of fused-ring (bicyclic) bond motifs is 1. The van der Waals surface area contributed by atoms with Gasteiger partial charge < -0.3 is 5.73 Å². The number of alkyl halides is 3. The number of thiazole rings is 1. The summed E-state index contributed by atoms with van der Waals surface area (Å²) in [5.74, 6) is 0.317. The Bertz CT molecular complexity index is 575. The lowest BCUT2D eigenvalue weighted by molar-refractivity contribution is -0.137. The van der Waals surface area contributed by atoms with Gasteiger partial charge in [0.15, 0.2) is 0 Å². The first-order valence-corrected chi connectivity index (χ1v) is 6.81. The topological polar surface area (TPSA) is 38.9 Å². The number of hydrogen-bond acceptors (Lipinski definition) is 3. The van der Waals surface area contributed by atoms with Crippen LogP contribution in [0.2, 0.25) is 0 Å². The molecule has 19 heavy (non-hydrogen) atoms. The van der Waals surface area contributed by atoms with Gasteiger partial charge in [-0.15, -0.1) is 11.3 Å². The third kappa shape index (κ3) is 3.25. The summed E-state index contributed by atoms with van der Waals surface area (Å²) in [7, 11) is 0. The van der Waals surface area contributed by atoms with E-state index >= 15 is 0 Å². The zero-order valence-corrected chi connectivity index (χ0v) is 11.5. The molecule has 0 radical (unpaired) electrons. The molecule has 2 rings (SSSR count). The van der Waals surface area contributed by atoms with E-state index < -0.39 is 11.7 Å². The number of halogens is 3. The Labute approximate surface area is 113 Å². The van der Waals surface area contributed by atoms with Crippen molar-refractivity contribution in [1.82, 2.24) is 4.98 Å². The van der Waals surface area contributed by atoms with Crippen LogP contribution in [0.15, 0.2) is 18.2 Å². The predicted octanol–water partition coefficient (Wildman–Crippen LogP) is 3.84. The first kappa shape index (κ1) is 14.3. The Morgan fingerprint density at radius 2 is 2.00 bits per heavy atom. The lowest BCUT2D eigenvalue weighted by Crippen LogP contribution is -2.28. The second-order valence-electron chi connectivity index (χ2n) is 4.90. The van der Waals surface area contributed by atoms with Gasteiger partial charge in [-0.2, -0.15) is 13.2 Å². The fourth-order valence-corrected chi connectivity index (χ4v) is 2.69. The molecule has 0 aliphatic rings. The Morgan fingerprint density at radius 1 is 1.32 bits per heavy atom. The van der Waals surface area contributed by atoms with Crippen LogP contribution in [0.4, 0.5) is 13.2 Å². The van der Waals surface area contributed by atoms with Gasteiger partial charge in [-0.3, -0.25) is 0 Å². The first-order valence-electron chi connectivity index (χ1n) is 5.99. The van der Waals surface area contributed by atoms with Crippen LogP contribution < -0.4 is 5.73 Å². The fraction of sp³-hybridized carbons (Fsp3) is 0.462. The molecule has 0 saturated heterocycles. The minimum Gasteiger partial charge on any atom is -0.327 e. The summed E-state index contributed by atoms with van der Waals surface area (Å²) in [4.78, 5) is 4.25. The molecular formula is C13H15F3N2S.